The van der Waals surface area contributed by atoms with Crippen LogP contribution in [0.15, 0.2) is 59.5 Å². The maximum Gasteiger partial charge on any atom is 0.356 e. The zero-order chi connectivity index (χ0) is 16.2. The van der Waals surface area contributed by atoms with Gasteiger partial charge in [-0.05, 0) is 24.3 Å². The van der Waals surface area contributed by atoms with Gasteiger partial charge in [-0.1, -0.05) is 31.2 Å². The first-order valence-corrected chi connectivity index (χ1v) is 7.22. The summed E-state index contributed by atoms with van der Waals surface area (Å²) in [6, 6.07) is 14.6. The molecule has 7 nitrogen and oxygen atoms in total. The Morgan fingerprint density at radius 1 is 1.09 bits per heavy atom. The van der Waals surface area contributed by atoms with Gasteiger partial charge in [-0.2, -0.15) is 9.97 Å². The molecule has 0 aliphatic rings. The predicted molar refractivity (Wildman–Crippen MR) is 87.6 cm³/mol. The molecule has 3 aromatic rings. The molecule has 0 bridgehead atoms. The first-order valence-electron chi connectivity index (χ1n) is 7.22. The molecule has 1 aromatic carbocycles. The number of benzene rings is 1. The normalized spacial score (nSPS) is 10.5. The van der Waals surface area contributed by atoms with E-state index in [0.29, 0.717) is 18.1 Å². The van der Waals surface area contributed by atoms with Gasteiger partial charge in [0.2, 0.25) is 0 Å². The highest BCUT2D eigenvalue weighted by molar-refractivity contribution is 5.49. The topological polar surface area (TPSA) is 89.9 Å². The Morgan fingerprint density at radius 2 is 1.83 bits per heavy atom. The molecule has 0 aliphatic carbocycles. The highest BCUT2D eigenvalue weighted by Crippen LogP contribution is 2.15. The summed E-state index contributed by atoms with van der Waals surface area (Å²) in [7, 11) is 0. The lowest BCUT2D eigenvalue weighted by molar-refractivity contribution is 0.754. The number of aryl methyl sites for hydroxylation is 1. The maximum absolute atomic E-state index is 12.5. The molecule has 2 heterocycles. The molecule has 2 aromatic heterocycles. The fourth-order valence-corrected chi connectivity index (χ4v) is 2.22. The molecule has 0 saturated carbocycles. The molecule has 0 amide bonds. The van der Waals surface area contributed by atoms with Crippen LogP contribution in [0.2, 0.25) is 0 Å². The second-order valence-electron chi connectivity index (χ2n) is 4.80. The summed E-state index contributed by atoms with van der Waals surface area (Å²) in [6.45, 7) is 1.92. The minimum absolute atomic E-state index is 0.123. The van der Waals surface area contributed by atoms with E-state index in [1.54, 1.807) is 24.4 Å². The van der Waals surface area contributed by atoms with Gasteiger partial charge in [0.05, 0.1) is 5.69 Å². The molecule has 2 N–H and O–H groups in total. The number of nitrogens with zero attached hydrogens (tertiary/aromatic N) is 5. The van der Waals surface area contributed by atoms with Crippen LogP contribution in [0.25, 0.3) is 5.69 Å². The van der Waals surface area contributed by atoms with Crippen molar-refractivity contribution in [2.75, 3.05) is 5.01 Å². The van der Waals surface area contributed by atoms with Crippen LogP contribution in [0.3, 0.4) is 0 Å². The smallest absolute Gasteiger partial charge is 0.248 e. The SMILES string of the molecule is CCc1nc(N(N)c2ccccn2)nc(=O)n1-c1ccccc1. The Morgan fingerprint density at radius 3 is 2.48 bits per heavy atom. The summed E-state index contributed by atoms with van der Waals surface area (Å²) in [5.74, 6) is 7.16. The molecular weight excluding hydrogens is 292 g/mol. The molecule has 0 unspecified atom stereocenters. The summed E-state index contributed by atoms with van der Waals surface area (Å²) in [4.78, 5) is 25.0. The fraction of sp³-hybridized carbons (Fsp3) is 0.125. The van der Waals surface area contributed by atoms with E-state index < -0.39 is 5.69 Å². The molecule has 3 rings (SSSR count). The van der Waals surface area contributed by atoms with Crippen LogP contribution >= 0.6 is 0 Å². The molecule has 0 fully saturated rings. The molecule has 0 spiro atoms. The summed E-state index contributed by atoms with van der Waals surface area (Å²) in [6.07, 6.45) is 2.18. The lowest BCUT2D eigenvalue weighted by atomic mass is 10.3. The van der Waals surface area contributed by atoms with E-state index in [1.807, 2.05) is 37.3 Å². The average Bonchev–Trinajstić information content (AvgIpc) is 2.61. The van der Waals surface area contributed by atoms with Crippen molar-refractivity contribution in [1.82, 2.24) is 19.5 Å². The fourth-order valence-electron chi connectivity index (χ4n) is 2.22. The Bertz CT molecular complexity index is 847. The lowest BCUT2D eigenvalue weighted by Gasteiger charge is -2.17. The molecule has 0 aliphatic heterocycles. The van der Waals surface area contributed by atoms with Crippen molar-refractivity contribution in [2.24, 2.45) is 5.84 Å². The Labute approximate surface area is 133 Å². The number of hydrogen-bond acceptors (Lipinski definition) is 6. The zero-order valence-electron chi connectivity index (χ0n) is 12.6. The van der Waals surface area contributed by atoms with Gasteiger partial charge in [-0.15, -0.1) is 0 Å². The molecular formula is C16H16N6O. The number of nitrogens with two attached hydrogens (primary N) is 1. The van der Waals surface area contributed by atoms with Crippen LogP contribution < -0.4 is 16.5 Å². The van der Waals surface area contributed by atoms with Gasteiger partial charge >= 0.3 is 5.69 Å². The average molecular weight is 308 g/mol. The maximum atomic E-state index is 12.5. The summed E-state index contributed by atoms with van der Waals surface area (Å²) >= 11 is 0. The van der Waals surface area contributed by atoms with Crippen molar-refractivity contribution >= 4 is 11.8 Å². The quantitative estimate of drug-likeness (QED) is 0.581. The second-order valence-corrected chi connectivity index (χ2v) is 4.80. The Hall–Kier alpha value is -3.06. The largest absolute Gasteiger partial charge is 0.356 e. The molecule has 116 valence electrons. The highest BCUT2D eigenvalue weighted by Gasteiger charge is 2.15. The van der Waals surface area contributed by atoms with Crippen molar-refractivity contribution < 1.29 is 0 Å². The van der Waals surface area contributed by atoms with E-state index >= 15 is 0 Å². The zero-order valence-corrected chi connectivity index (χ0v) is 12.6. The first kappa shape index (κ1) is 14.9. The van der Waals surface area contributed by atoms with Crippen molar-refractivity contribution in [3.8, 4) is 5.69 Å². The second kappa shape index (κ2) is 6.37. The highest BCUT2D eigenvalue weighted by atomic mass is 16.1. The van der Waals surface area contributed by atoms with Gasteiger partial charge in [-0.3, -0.25) is 0 Å². The number of hydrazine groups is 1. The van der Waals surface area contributed by atoms with Gasteiger partial charge in [0, 0.05) is 12.6 Å². The molecule has 7 heteroatoms. The van der Waals surface area contributed by atoms with Crippen LogP contribution in [-0.2, 0) is 6.42 Å². The number of pyridine rings is 1. The lowest BCUT2D eigenvalue weighted by Crippen LogP contribution is -2.34. The predicted octanol–water partition coefficient (Wildman–Crippen LogP) is 1.60. The number of para-hydroxylation sites is 1. The minimum atomic E-state index is -0.426. The standard InChI is InChI=1S/C16H16N6O/c1-2-13-19-15(22(17)14-10-6-7-11-18-14)20-16(23)21(13)12-8-4-3-5-9-12/h3-11H,2,17H2,1H3. The van der Waals surface area contributed by atoms with E-state index in [4.69, 9.17) is 5.84 Å². The Balaban J connectivity index is 2.09. The molecule has 0 saturated heterocycles. The molecule has 0 radical (unpaired) electrons. The number of hydrogen-bond donors (Lipinski definition) is 1. The summed E-state index contributed by atoms with van der Waals surface area (Å²) < 4.78 is 1.48. The molecule has 23 heavy (non-hydrogen) atoms. The summed E-state index contributed by atoms with van der Waals surface area (Å²) in [5, 5.41) is 1.20. The van der Waals surface area contributed by atoms with E-state index in [-0.39, 0.29) is 5.95 Å². The van der Waals surface area contributed by atoms with Crippen molar-refractivity contribution in [3.63, 3.8) is 0 Å². The van der Waals surface area contributed by atoms with Gasteiger partial charge in [0.15, 0.2) is 0 Å². The minimum Gasteiger partial charge on any atom is -0.248 e. The third-order valence-electron chi connectivity index (χ3n) is 3.32. The van der Waals surface area contributed by atoms with E-state index in [2.05, 4.69) is 15.0 Å². The Kier molecular flexibility index (Phi) is 4.11. The van der Waals surface area contributed by atoms with Crippen LogP contribution in [0.5, 0.6) is 0 Å². The van der Waals surface area contributed by atoms with E-state index in [1.165, 1.54) is 9.58 Å². The monoisotopic (exact) mass is 308 g/mol. The summed E-state index contributed by atoms with van der Waals surface area (Å²) in [5.41, 5.74) is 0.298. The van der Waals surface area contributed by atoms with Gasteiger partial charge in [0.1, 0.15) is 11.6 Å². The van der Waals surface area contributed by atoms with Gasteiger partial charge in [0.25, 0.3) is 5.95 Å². The van der Waals surface area contributed by atoms with Crippen LogP contribution in [0.4, 0.5) is 11.8 Å². The van der Waals surface area contributed by atoms with Crippen molar-refractivity contribution in [3.05, 3.63) is 71.0 Å². The number of anilines is 2. The van der Waals surface area contributed by atoms with Crippen molar-refractivity contribution in [2.45, 2.75) is 13.3 Å². The van der Waals surface area contributed by atoms with Crippen LogP contribution in [0.1, 0.15) is 12.7 Å². The number of aromatic nitrogens is 4. The van der Waals surface area contributed by atoms with Crippen molar-refractivity contribution in [1.29, 1.82) is 0 Å². The first-order chi connectivity index (χ1) is 11.2. The molecule has 0 atom stereocenters. The van der Waals surface area contributed by atoms with E-state index in [0.717, 1.165) is 5.69 Å². The van der Waals surface area contributed by atoms with Gasteiger partial charge < -0.3 is 0 Å². The number of rotatable bonds is 4. The van der Waals surface area contributed by atoms with E-state index in [9.17, 15) is 4.79 Å². The van der Waals surface area contributed by atoms with Crippen LogP contribution in [0, 0.1) is 0 Å². The third kappa shape index (κ3) is 2.95. The van der Waals surface area contributed by atoms with Gasteiger partial charge in [-0.25, -0.2) is 25.2 Å². The third-order valence-corrected chi connectivity index (χ3v) is 3.32. The van der Waals surface area contributed by atoms with Crippen LogP contribution in [-0.4, -0.2) is 19.5 Å².